The monoisotopic (exact) mass is 520 g/mol. The fraction of sp³-hybridized carbons (Fsp3) is 0.423. The maximum Gasteiger partial charge on any atom is 0.408 e. The summed E-state index contributed by atoms with van der Waals surface area (Å²) in [5, 5.41) is 11.1. The summed E-state index contributed by atoms with van der Waals surface area (Å²) in [6.45, 7) is 7.92. The van der Waals surface area contributed by atoms with Gasteiger partial charge in [-0.15, -0.1) is 0 Å². The Kier molecular flexibility index (Phi) is 5.17. The van der Waals surface area contributed by atoms with E-state index in [9.17, 15) is 14.0 Å². The minimum absolute atomic E-state index is 0.0704. The van der Waals surface area contributed by atoms with Gasteiger partial charge in [-0.1, -0.05) is 0 Å². The first-order valence-electron chi connectivity index (χ1n) is 12.5. The molecule has 0 radical (unpaired) electrons. The summed E-state index contributed by atoms with van der Waals surface area (Å²) in [6.07, 6.45) is 6.30. The fourth-order valence-corrected chi connectivity index (χ4v) is 5.56. The molecular formula is C26H29FN8O3. The predicted molar refractivity (Wildman–Crippen MR) is 139 cm³/mol. The molecule has 11 nitrogen and oxygen atoms in total. The zero-order chi connectivity index (χ0) is 27.0. The minimum atomic E-state index is -0.767. The Balaban J connectivity index is 1.26. The van der Waals surface area contributed by atoms with Gasteiger partial charge in [-0.2, -0.15) is 14.5 Å². The van der Waals surface area contributed by atoms with Gasteiger partial charge in [-0.05, 0) is 52.7 Å². The molecule has 5 heterocycles. The van der Waals surface area contributed by atoms with Gasteiger partial charge in [0.05, 0.1) is 23.0 Å². The van der Waals surface area contributed by atoms with E-state index in [1.54, 1.807) is 30.9 Å². The number of hydrogen-bond acceptors (Lipinski definition) is 7. The summed E-state index contributed by atoms with van der Waals surface area (Å²) < 4.78 is 23.1. The zero-order valence-corrected chi connectivity index (χ0v) is 21.9. The van der Waals surface area contributed by atoms with Crippen molar-refractivity contribution >= 4 is 40.1 Å². The Morgan fingerprint density at radius 1 is 1.16 bits per heavy atom. The number of hydrogen-bond donors (Lipinski definition) is 2. The van der Waals surface area contributed by atoms with E-state index in [1.807, 2.05) is 33.0 Å². The molecular weight excluding hydrogens is 491 g/mol. The molecule has 0 spiro atoms. The average molecular weight is 521 g/mol. The van der Waals surface area contributed by atoms with Crippen molar-refractivity contribution in [2.45, 2.75) is 57.7 Å². The highest BCUT2D eigenvalue weighted by atomic mass is 19.1. The summed E-state index contributed by atoms with van der Waals surface area (Å²) in [4.78, 5) is 35.9. The van der Waals surface area contributed by atoms with Crippen LogP contribution in [0.15, 0.2) is 30.7 Å². The number of aryl methyl sites for hydroxylation is 2. The SMILES string of the molecule is Cc1cn2cc(NC(=O)c3ccc(N4CC5(NC(=O)OC(C)(C)C)CC4C5)c4cn(C)nc34)nc(F)c2n1. The maximum absolute atomic E-state index is 14.4. The second kappa shape index (κ2) is 8.14. The number of rotatable bonds is 4. The first kappa shape index (κ1) is 24.1. The van der Waals surface area contributed by atoms with Crippen LogP contribution in [0.3, 0.4) is 0 Å². The van der Waals surface area contributed by atoms with Crippen LogP contribution in [0.5, 0.6) is 0 Å². The predicted octanol–water partition coefficient (Wildman–Crippen LogP) is 3.56. The number of carbonyl (C=O) groups excluding carboxylic acids is 2. The summed E-state index contributed by atoms with van der Waals surface area (Å²) in [7, 11) is 1.80. The number of amides is 2. The second-order valence-corrected chi connectivity index (χ2v) is 11.3. The number of aromatic nitrogens is 5. The molecule has 2 saturated heterocycles. The number of nitrogens with zero attached hydrogens (tertiary/aromatic N) is 6. The van der Waals surface area contributed by atoms with Crippen molar-refractivity contribution < 1.29 is 18.7 Å². The lowest BCUT2D eigenvalue weighted by molar-refractivity contribution is 0.0427. The van der Waals surface area contributed by atoms with Crippen LogP contribution in [0.4, 0.5) is 20.7 Å². The van der Waals surface area contributed by atoms with Crippen molar-refractivity contribution in [1.82, 2.24) is 29.5 Å². The van der Waals surface area contributed by atoms with Gasteiger partial charge in [0.1, 0.15) is 11.1 Å². The molecule has 1 saturated carbocycles. The van der Waals surface area contributed by atoms with Gasteiger partial charge in [0.2, 0.25) is 0 Å². The Labute approximate surface area is 218 Å². The molecule has 3 aromatic heterocycles. The number of halogens is 1. The summed E-state index contributed by atoms with van der Waals surface area (Å²) in [5.41, 5.74) is 1.66. The van der Waals surface area contributed by atoms with E-state index in [2.05, 4.69) is 30.6 Å². The number of imidazole rings is 1. The molecule has 38 heavy (non-hydrogen) atoms. The van der Waals surface area contributed by atoms with Crippen molar-refractivity contribution in [3.8, 4) is 0 Å². The van der Waals surface area contributed by atoms with Gasteiger partial charge in [-0.3, -0.25) is 13.9 Å². The van der Waals surface area contributed by atoms with Gasteiger partial charge in [-0.25, -0.2) is 9.78 Å². The number of fused-ring (bicyclic) bond motifs is 3. The smallest absolute Gasteiger partial charge is 0.408 e. The number of carbonyl (C=O) groups is 2. The highest BCUT2D eigenvalue weighted by Gasteiger charge is 2.56. The number of ether oxygens (including phenoxy) is 1. The number of nitrogens with one attached hydrogen (secondary N) is 2. The molecule has 3 aliphatic rings. The topological polar surface area (TPSA) is 119 Å². The van der Waals surface area contributed by atoms with E-state index in [4.69, 9.17) is 4.74 Å². The van der Waals surface area contributed by atoms with Crippen molar-refractivity contribution in [3.05, 3.63) is 47.9 Å². The van der Waals surface area contributed by atoms with Crippen LogP contribution in [0.1, 0.15) is 49.7 Å². The van der Waals surface area contributed by atoms with E-state index in [-0.39, 0.29) is 23.0 Å². The molecule has 2 N–H and O–H groups in total. The lowest BCUT2D eigenvalue weighted by Gasteiger charge is -2.38. The van der Waals surface area contributed by atoms with Crippen molar-refractivity contribution in [2.75, 3.05) is 16.8 Å². The molecule has 0 atom stereocenters. The van der Waals surface area contributed by atoms with Crippen LogP contribution in [0.25, 0.3) is 16.6 Å². The molecule has 198 valence electrons. The third-order valence-electron chi connectivity index (χ3n) is 7.01. The molecule has 7 rings (SSSR count). The first-order valence-corrected chi connectivity index (χ1v) is 12.5. The van der Waals surface area contributed by atoms with Gasteiger partial charge in [0.15, 0.2) is 11.5 Å². The normalized spacial score (nSPS) is 20.6. The summed E-state index contributed by atoms with van der Waals surface area (Å²) in [6, 6.07) is 3.89. The van der Waals surface area contributed by atoms with E-state index < -0.39 is 23.5 Å². The highest BCUT2D eigenvalue weighted by Crippen LogP contribution is 2.48. The van der Waals surface area contributed by atoms with Crippen molar-refractivity contribution in [1.29, 1.82) is 0 Å². The van der Waals surface area contributed by atoms with Crippen LogP contribution >= 0.6 is 0 Å². The molecule has 2 bridgehead atoms. The average Bonchev–Trinajstić information content (AvgIpc) is 3.51. The second-order valence-electron chi connectivity index (χ2n) is 11.3. The van der Waals surface area contributed by atoms with Crippen LogP contribution in [0.2, 0.25) is 0 Å². The van der Waals surface area contributed by atoms with Crippen LogP contribution in [-0.2, 0) is 11.8 Å². The van der Waals surface area contributed by atoms with Crippen molar-refractivity contribution in [3.63, 3.8) is 0 Å². The Bertz CT molecular complexity index is 1610. The molecule has 1 aromatic carbocycles. The number of anilines is 2. The quantitative estimate of drug-likeness (QED) is 0.422. The molecule has 3 fully saturated rings. The lowest BCUT2D eigenvalue weighted by atomic mass is 9.78. The molecule has 2 aliphatic heterocycles. The van der Waals surface area contributed by atoms with Gasteiger partial charge < -0.3 is 20.3 Å². The summed E-state index contributed by atoms with van der Waals surface area (Å²) in [5.74, 6) is -1.14. The van der Waals surface area contributed by atoms with Crippen LogP contribution in [-0.4, -0.2) is 59.9 Å². The number of alkyl carbamates (subject to hydrolysis) is 1. The molecule has 2 amide bonds. The Hall–Kier alpha value is -4.22. The molecule has 12 heteroatoms. The van der Waals surface area contributed by atoms with Gasteiger partial charge in [0, 0.05) is 43.1 Å². The Morgan fingerprint density at radius 3 is 2.66 bits per heavy atom. The van der Waals surface area contributed by atoms with Gasteiger partial charge >= 0.3 is 6.09 Å². The minimum Gasteiger partial charge on any atom is -0.444 e. The Morgan fingerprint density at radius 2 is 1.92 bits per heavy atom. The van der Waals surface area contributed by atoms with Crippen molar-refractivity contribution in [2.24, 2.45) is 7.05 Å². The van der Waals surface area contributed by atoms with E-state index in [0.29, 0.717) is 23.3 Å². The zero-order valence-electron chi connectivity index (χ0n) is 21.9. The molecule has 4 aromatic rings. The lowest BCUT2D eigenvalue weighted by Crippen LogP contribution is -2.55. The van der Waals surface area contributed by atoms with E-state index in [1.165, 1.54) is 10.6 Å². The van der Waals surface area contributed by atoms with Gasteiger partial charge in [0.25, 0.3) is 11.9 Å². The van der Waals surface area contributed by atoms with E-state index >= 15 is 0 Å². The van der Waals surface area contributed by atoms with Crippen LogP contribution < -0.4 is 15.5 Å². The standard InChI is InChI=1S/C26H29FN8O3/c1-14-10-34-12-19(29-21(27)22(34)28-14)30-23(36)16-6-7-18(17-11-33(5)32-20(16)17)35-13-26(8-15(35)9-26)31-24(37)38-25(2,3)4/h6-7,10-12,15H,8-9,13H2,1-5H3,(H,30,36)(H,31,37). The third-order valence-corrected chi connectivity index (χ3v) is 7.01. The highest BCUT2D eigenvalue weighted by molar-refractivity contribution is 6.13. The fourth-order valence-electron chi connectivity index (χ4n) is 5.56. The number of benzene rings is 1. The van der Waals surface area contributed by atoms with E-state index in [0.717, 1.165) is 23.9 Å². The first-order chi connectivity index (χ1) is 17.9. The third kappa shape index (κ3) is 4.09. The van der Waals surface area contributed by atoms with Crippen LogP contribution in [0, 0.1) is 12.9 Å². The summed E-state index contributed by atoms with van der Waals surface area (Å²) >= 11 is 0. The molecule has 0 unspecified atom stereocenters. The maximum atomic E-state index is 14.4. The largest absolute Gasteiger partial charge is 0.444 e. The molecule has 1 aliphatic carbocycles.